The van der Waals surface area contributed by atoms with E-state index in [1.54, 1.807) is 25.3 Å². The van der Waals surface area contributed by atoms with Crippen molar-refractivity contribution in [1.82, 2.24) is 15.1 Å². The number of aliphatic hydroxyl groups is 1. The normalized spacial score (nSPS) is 12.0. The van der Waals surface area contributed by atoms with Gasteiger partial charge in [-0.05, 0) is 48.9 Å². The first-order valence-corrected chi connectivity index (χ1v) is 11.5. The van der Waals surface area contributed by atoms with Gasteiger partial charge in [0.15, 0.2) is 0 Å². The van der Waals surface area contributed by atoms with E-state index in [1.165, 1.54) is 18.4 Å². The molecular weight excluding hydrogens is 462 g/mol. The zero-order chi connectivity index (χ0) is 23.5. The highest BCUT2D eigenvalue weighted by molar-refractivity contribution is 7.20. The van der Waals surface area contributed by atoms with Crippen molar-refractivity contribution in [3.63, 3.8) is 0 Å². The highest BCUT2D eigenvalue weighted by Gasteiger charge is 2.19. The molecule has 0 aliphatic carbocycles. The SMILES string of the molecule is COc1ccc(OC)c(C(O)CNC(=O)c2cc3c(C)nn(Cc4ccc(Cl)cc4)c3s2)c1. The van der Waals surface area contributed by atoms with Crippen LogP contribution >= 0.6 is 22.9 Å². The van der Waals surface area contributed by atoms with Crippen molar-refractivity contribution in [3.8, 4) is 11.5 Å². The Hall–Kier alpha value is -3.07. The molecule has 9 heteroatoms. The number of rotatable bonds is 8. The first-order valence-electron chi connectivity index (χ1n) is 10.3. The number of hydrogen-bond acceptors (Lipinski definition) is 6. The number of hydrogen-bond donors (Lipinski definition) is 2. The lowest BCUT2D eigenvalue weighted by atomic mass is 10.1. The molecule has 0 saturated heterocycles. The van der Waals surface area contributed by atoms with E-state index in [-0.39, 0.29) is 12.5 Å². The third-order valence-electron chi connectivity index (χ3n) is 5.33. The Morgan fingerprint density at radius 3 is 2.64 bits per heavy atom. The van der Waals surface area contributed by atoms with Crippen LogP contribution in [0.1, 0.15) is 32.6 Å². The van der Waals surface area contributed by atoms with Gasteiger partial charge in [-0.2, -0.15) is 5.10 Å². The van der Waals surface area contributed by atoms with Gasteiger partial charge in [-0.3, -0.25) is 9.48 Å². The highest BCUT2D eigenvalue weighted by atomic mass is 35.5. The summed E-state index contributed by atoms with van der Waals surface area (Å²) in [6.45, 7) is 2.54. The summed E-state index contributed by atoms with van der Waals surface area (Å²) in [6.07, 6.45) is -0.949. The number of aromatic nitrogens is 2. The molecule has 33 heavy (non-hydrogen) atoms. The molecule has 2 N–H and O–H groups in total. The monoisotopic (exact) mass is 485 g/mol. The van der Waals surface area contributed by atoms with Gasteiger partial charge in [-0.1, -0.05) is 23.7 Å². The van der Waals surface area contributed by atoms with E-state index >= 15 is 0 Å². The van der Waals surface area contributed by atoms with Gasteiger partial charge >= 0.3 is 0 Å². The summed E-state index contributed by atoms with van der Waals surface area (Å²) in [4.78, 5) is 14.3. The van der Waals surface area contributed by atoms with Gasteiger partial charge in [0.2, 0.25) is 0 Å². The molecule has 2 heterocycles. The summed E-state index contributed by atoms with van der Waals surface area (Å²) in [5, 5.41) is 19.7. The fraction of sp³-hybridized carbons (Fsp3) is 0.250. The second-order valence-corrected chi connectivity index (χ2v) is 9.00. The molecule has 0 saturated carbocycles. The summed E-state index contributed by atoms with van der Waals surface area (Å²) in [7, 11) is 3.08. The van der Waals surface area contributed by atoms with E-state index in [1.807, 2.05) is 41.9 Å². The van der Waals surface area contributed by atoms with Crippen molar-refractivity contribution in [2.75, 3.05) is 20.8 Å². The number of nitrogens with one attached hydrogen (secondary N) is 1. The Labute approximate surface area is 200 Å². The van der Waals surface area contributed by atoms with Crippen molar-refractivity contribution >= 4 is 39.1 Å². The van der Waals surface area contributed by atoms with Crippen LogP contribution in [0, 0.1) is 6.92 Å². The molecule has 1 unspecified atom stereocenters. The van der Waals surface area contributed by atoms with Crippen LogP contribution in [-0.4, -0.2) is 41.6 Å². The van der Waals surface area contributed by atoms with Crippen molar-refractivity contribution in [3.05, 3.63) is 75.3 Å². The van der Waals surface area contributed by atoms with E-state index in [4.69, 9.17) is 21.1 Å². The van der Waals surface area contributed by atoms with E-state index in [0.717, 1.165) is 21.5 Å². The number of halogens is 1. The minimum Gasteiger partial charge on any atom is -0.497 e. The molecule has 0 bridgehead atoms. The lowest BCUT2D eigenvalue weighted by Gasteiger charge is -2.16. The maximum absolute atomic E-state index is 12.8. The van der Waals surface area contributed by atoms with Crippen molar-refractivity contribution in [2.45, 2.75) is 19.6 Å². The predicted octanol–water partition coefficient (Wildman–Crippen LogP) is 4.59. The standard InChI is InChI=1S/C24H24ClN3O4S/c1-14-18-11-22(33-24(18)28(27-14)13-15-4-6-16(25)7-5-15)23(30)26-12-20(29)19-10-17(31-2)8-9-21(19)32-3/h4-11,20,29H,12-13H2,1-3H3,(H,26,30). The lowest BCUT2D eigenvalue weighted by Crippen LogP contribution is -2.28. The average molecular weight is 486 g/mol. The number of amides is 1. The molecule has 4 aromatic rings. The highest BCUT2D eigenvalue weighted by Crippen LogP contribution is 2.31. The zero-order valence-electron chi connectivity index (χ0n) is 18.5. The third kappa shape index (κ3) is 4.98. The fourth-order valence-electron chi connectivity index (χ4n) is 3.58. The number of methoxy groups -OCH3 is 2. The Morgan fingerprint density at radius 1 is 1.18 bits per heavy atom. The van der Waals surface area contributed by atoms with Crippen molar-refractivity contribution in [2.24, 2.45) is 0 Å². The Bertz CT molecular complexity index is 1280. The molecule has 2 aromatic carbocycles. The van der Waals surface area contributed by atoms with Gasteiger partial charge in [-0.25, -0.2) is 0 Å². The summed E-state index contributed by atoms with van der Waals surface area (Å²) in [6, 6.07) is 14.6. The van der Waals surface area contributed by atoms with Crippen LogP contribution in [0.25, 0.3) is 10.2 Å². The number of fused-ring (bicyclic) bond motifs is 1. The molecule has 0 aliphatic heterocycles. The molecule has 1 amide bonds. The van der Waals surface area contributed by atoms with Crippen LogP contribution in [0.5, 0.6) is 11.5 Å². The third-order valence-corrected chi connectivity index (χ3v) is 6.73. The largest absolute Gasteiger partial charge is 0.497 e. The first-order chi connectivity index (χ1) is 15.9. The minimum absolute atomic E-state index is 0.0342. The Kier molecular flexibility index (Phi) is 6.88. The zero-order valence-corrected chi connectivity index (χ0v) is 20.0. The summed E-state index contributed by atoms with van der Waals surface area (Å²) in [5.74, 6) is 0.869. The molecule has 7 nitrogen and oxygen atoms in total. The van der Waals surface area contributed by atoms with Crippen LogP contribution in [0.4, 0.5) is 0 Å². The maximum Gasteiger partial charge on any atom is 0.261 e. The molecule has 0 fully saturated rings. The minimum atomic E-state index is -0.949. The average Bonchev–Trinajstić information content (AvgIpc) is 3.39. The Morgan fingerprint density at radius 2 is 1.94 bits per heavy atom. The number of benzene rings is 2. The van der Waals surface area contributed by atoms with E-state index < -0.39 is 6.10 Å². The van der Waals surface area contributed by atoms with Crippen LogP contribution in [0.2, 0.25) is 5.02 Å². The van der Waals surface area contributed by atoms with Gasteiger partial charge < -0.3 is 19.9 Å². The molecule has 1 atom stereocenters. The molecule has 4 rings (SSSR count). The van der Waals surface area contributed by atoms with Crippen molar-refractivity contribution < 1.29 is 19.4 Å². The van der Waals surface area contributed by atoms with Crippen LogP contribution in [0.15, 0.2) is 48.5 Å². The first kappa shape index (κ1) is 23.1. The number of carbonyl (C=O) groups excluding carboxylic acids is 1. The maximum atomic E-state index is 12.8. The van der Waals surface area contributed by atoms with E-state index in [2.05, 4.69) is 10.4 Å². The van der Waals surface area contributed by atoms with Gasteiger partial charge in [-0.15, -0.1) is 11.3 Å². The molecular formula is C24H24ClN3O4S. The van der Waals surface area contributed by atoms with Crippen LogP contribution in [-0.2, 0) is 6.54 Å². The number of thiophene rings is 1. The van der Waals surface area contributed by atoms with Gasteiger partial charge in [0, 0.05) is 22.5 Å². The van der Waals surface area contributed by atoms with Gasteiger partial charge in [0.05, 0.1) is 31.3 Å². The van der Waals surface area contributed by atoms with Crippen molar-refractivity contribution in [1.29, 1.82) is 0 Å². The number of carbonyl (C=O) groups is 1. The quantitative estimate of drug-likeness (QED) is 0.381. The number of nitrogens with zero attached hydrogens (tertiary/aromatic N) is 2. The van der Waals surface area contributed by atoms with E-state index in [0.29, 0.717) is 33.5 Å². The number of aliphatic hydroxyl groups excluding tert-OH is 1. The van der Waals surface area contributed by atoms with E-state index in [9.17, 15) is 9.90 Å². The predicted molar refractivity (Wildman–Crippen MR) is 130 cm³/mol. The lowest BCUT2D eigenvalue weighted by molar-refractivity contribution is 0.0918. The molecule has 0 radical (unpaired) electrons. The molecule has 172 valence electrons. The number of ether oxygens (including phenoxy) is 2. The van der Waals surface area contributed by atoms with Gasteiger partial charge in [0.25, 0.3) is 5.91 Å². The van der Waals surface area contributed by atoms with Crippen LogP contribution in [0.3, 0.4) is 0 Å². The summed E-state index contributed by atoms with van der Waals surface area (Å²) in [5.41, 5.74) is 2.47. The second kappa shape index (κ2) is 9.82. The second-order valence-electron chi connectivity index (χ2n) is 7.53. The molecule has 0 aliphatic rings. The Balaban J connectivity index is 1.49. The van der Waals surface area contributed by atoms with Crippen LogP contribution < -0.4 is 14.8 Å². The number of aryl methyl sites for hydroxylation is 1. The topological polar surface area (TPSA) is 85.6 Å². The smallest absolute Gasteiger partial charge is 0.261 e. The fourth-order valence-corrected chi connectivity index (χ4v) is 4.78. The molecule has 2 aromatic heterocycles. The van der Waals surface area contributed by atoms with Gasteiger partial charge in [0.1, 0.15) is 22.4 Å². The summed E-state index contributed by atoms with van der Waals surface area (Å²) >= 11 is 7.35. The molecule has 0 spiro atoms. The summed E-state index contributed by atoms with van der Waals surface area (Å²) < 4.78 is 12.4.